The second kappa shape index (κ2) is 14.4. The largest absolute Gasteiger partial charge is 0.493 e. The van der Waals surface area contributed by atoms with E-state index >= 15 is 0 Å². The number of methoxy groups -OCH3 is 2. The lowest BCUT2D eigenvalue weighted by Crippen LogP contribution is -2.45. The van der Waals surface area contributed by atoms with Crippen LogP contribution in [0, 0.1) is 23.2 Å². The highest BCUT2D eigenvalue weighted by molar-refractivity contribution is 6.33. The number of nitrogens with one attached hydrogen (secondary N) is 1. The van der Waals surface area contributed by atoms with Crippen LogP contribution in [0.3, 0.4) is 0 Å². The van der Waals surface area contributed by atoms with Crippen molar-refractivity contribution in [2.24, 2.45) is 16.9 Å². The number of amides is 1. The Labute approximate surface area is 246 Å². The molecule has 1 heterocycles. The molecule has 9 nitrogen and oxygen atoms in total. The molecule has 0 fully saturated rings. The minimum absolute atomic E-state index is 0.0547. The van der Waals surface area contributed by atoms with Gasteiger partial charge in [0.15, 0.2) is 11.5 Å². The molecule has 2 aliphatic rings. The molecule has 4 N–H and O–H groups in total. The van der Waals surface area contributed by atoms with E-state index in [1.807, 2.05) is 24.3 Å². The van der Waals surface area contributed by atoms with Crippen LogP contribution in [0.25, 0.3) is 0 Å². The fourth-order valence-electron chi connectivity index (χ4n) is 5.41. The normalized spacial score (nSPS) is 18.9. The number of hydrogen-bond acceptors (Lipinski definition) is 8. The first kappa shape index (κ1) is 30.4. The van der Waals surface area contributed by atoms with E-state index in [-0.39, 0.29) is 34.0 Å². The molecule has 0 saturated heterocycles. The molecule has 0 bridgehead atoms. The van der Waals surface area contributed by atoms with E-state index in [9.17, 15) is 15.2 Å². The summed E-state index contributed by atoms with van der Waals surface area (Å²) in [5, 5.41) is 29.7. The molecule has 41 heavy (non-hydrogen) atoms. The highest BCUT2D eigenvalue weighted by Gasteiger charge is 2.40. The van der Waals surface area contributed by atoms with Gasteiger partial charge in [-0.25, -0.2) is 5.01 Å². The molecule has 2 aromatic carbocycles. The second-order valence-corrected chi connectivity index (χ2v) is 10.8. The number of nitrogens with zero attached hydrogens (tertiary/aromatic N) is 3. The number of ether oxygens (including phenoxy) is 2. The minimum Gasteiger partial charge on any atom is -0.493 e. The highest BCUT2D eigenvalue weighted by Crippen LogP contribution is 2.37. The molecule has 0 radical (unpaired) electrons. The van der Waals surface area contributed by atoms with Crippen LogP contribution in [0.1, 0.15) is 61.3 Å². The summed E-state index contributed by atoms with van der Waals surface area (Å²) in [5.41, 5.74) is 8.70. The number of allylic oxidation sites excluding steroid dienone is 2. The lowest BCUT2D eigenvalue weighted by molar-refractivity contribution is -0.137. The van der Waals surface area contributed by atoms with Gasteiger partial charge >= 0.3 is 0 Å². The Kier molecular flexibility index (Phi) is 10.6. The van der Waals surface area contributed by atoms with Gasteiger partial charge in [-0.3, -0.25) is 4.79 Å². The maximum Gasteiger partial charge on any atom is 0.246 e. The number of rotatable bonds is 13. The van der Waals surface area contributed by atoms with Crippen molar-refractivity contribution in [2.45, 2.75) is 44.6 Å². The third-order valence-corrected chi connectivity index (χ3v) is 8.04. The van der Waals surface area contributed by atoms with E-state index in [4.69, 9.17) is 31.9 Å². The number of aliphatic hydroxyl groups is 1. The molecule has 0 spiro atoms. The lowest BCUT2D eigenvalue weighted by atomic mass is 9.76. The standard InChI is InChI=1S/C31H38ClN5O4/c1-40-27-12-11-20(17-28(27)41-2)30-23-9-5-6-10-24(23)31(39)37(36-30)14-8-4-3-7-13-35-19-26(38)21-15-22(18-33)29(34)25(32)16-21/h5-6,11-12,15-17,23-24,26,35,38H,3-4,7-10,13-14,19,34H2,1-2H3. The first-order chi connectivity index (χ1) is 19.9. The van der Waals surface area contributed by atoms with Crippen molar-refractivity contribution in [3.8, 4) is 17.6 Å². The van der Waals surface area contributed by atoms with Crippen molar-refractivity contribution in [3.05, 3.63) is 64.2 Å². The van der Waals surface area contributed by atoms with Gasteiger partial charge in [0.05, 0.1) is 48.2 Å². The fraction of sp³-hybridized carbons (Fsp3) is 0.452. The quantitative estimate of drug-likeness (QED) is 0.176. The number of nitriles is 1. The Hall–Kier alpha value is -3.58. The predicted octanol–water partition coefficient (Wildman–Crippen LogP) is 4.82. The van der Waals surface area contributed by atoms with Gasteiger partial charge in [-0.05, 0) is 68.1 Å². The molecule has 1 aliphatic carbocycles. The summed E-state index contributed by atoms with van der Waals surface area (Å²) in [4.78, 5) is 13.3. The number of fused-ring (bicyclic) bond motifs is 1. The third-order valence-electron chi connectivity index (χ3n) is 7.73. The van der Waals surface area contributed by atoms with E-state index in [1.54, 1.807) is 31.4 Å². The topological polar surface area (TPSA) is 133 Å². The van der Waals surface area contributed by atoms with Gasteiger partial charge in [0, 0.05) is 24.6 Å². The molecular weight excluding hydrogens is 542 g/mol. The number of hydrogen-bond donors (Lipinski definition) is 3. The molecule has 2 aromatic rings. The van der Waals surface area contributed by atoms with Crippen LogP contribution in [0.2, 0.25) is 5.02 Å². The molecule has 1 aliphatic heterocycles. The van der Waals surface area contributed by atoms with E-state index in [0.29, 0.717) is 30.2 Å². The van der Waals surface area contributed by atoms with E-state index in [1.165, 1.54) is 0 Å². The van der Waals surface area contributed by atoms with E-state index in [2.05, 4.69) is 17.5 Å². The summed E-state index contributed by atoms with van der Waals surface area (Å²) in [7, 11) is 3.23. The van der Waals surface area contributed by atoms with Crippen molar-refractivity contribution < 1.29 is 19.4 Å². The Morgan fingerprint density at radius 2 is 1.85 bits per heavy atom. The molecule has 0 aromatic heterocycles. The number of carbonyl (C=O) groups is 1. The maximum atomic E-state index is 13.3. The van der Waals surface area contributed by atoms with Crippen LogP contribution in [0.5, 0.6) is 11.5 Å². The summed E-state index contributed by atoms with van der Waals surface area (Å²) in [6.45, 7) is 1.66. The summed E-state index contributed by atoms with van der Waals surface area (Å²) in [6, 6.07) is 11.0. The predicted molar refractivity (Wildman–Crippen MR) is 160 cm³/mol. The first-order valence-corrected chi connectivity index (χ1v) is 14.4. The number of halogens is 1. The van der Waals surface area contributed by atoms with Crippen LogP contribution in [0.4, 0.5) is 5.69 Å². The zero-order valence-electron chi connectivity index (χ0n) is 23.6. The Bertz CT molecular complexity index is 1340. The van der Waals surface area contributed by atoms with Crippen LogP contribution in [0.15, 0.2) is 47.6 Å². The summed E-state index contributed by atoms with van der Waals surface area (Å²) >= 11 is 6.08. The number of nitrogens with two attached hydrogens (primary N) is 1. The highest BCUT2D eigenvalue weighted by atomic mass is 35.5. The molecule has 3 atom stereocenters. The average molecular weight is 580 g/mol. The first-order valence-electron chi connectivity index (χ1n) is 14.0. The molecule has 10 heteroatoms. The Morgan fingerprint density at radius 1 is 1.12 bits per heavy atom. The van der Waals surface area contributed by atoms with Crippen molar-refractivity contribution in [3.63, 3.8) is 0 Å². The van der Waals surface area contributed by atoms with Gasteiger partial charge < -0.3 is 25.6 Å². The maximum absolute atomic E-state index is 13.3. The molecule has 0 saturated carbocycles. The zero-order chi connectivity index (χ0) is 29.4. The number of unbranched alkanes of at least 4 members (excludes halogenated alkanes) is 3. The van der Waals surface area contributed by atoms with Crippen molar-refractivity contribution in [2.75, 3.05) is 39.6 Å². The Morgan fingerprint density at radius 3 is 2.59 bits per heavy atom. The summed E-state index contributed by atoms with van der Waals surface area (Å²) in [6.07, 6.45) is 8.70. The van der Waals surface area contributed by atoms with Gasteiger partial charge in [0.1, 0.15) is 6.07 Å². The van der Waals surface area contributed by atoms with Crippen LogP contribution in [-0.4, -0.2) is 55.6 Å². The number of carbonyl (C=O) groups excluding carboxylic acids is 1. The minimum atomic E-state index is -0.790. The van der Waals surface area contributed by atoms with Crippen LogP contribution >= 0.6 is 11.6 Å². The number of anilines is 1. The zero-order valence-corrected chi connectivity index (χ0v) is 24.4. The third kappa shape index (κ3) is 7.20. The molecule has 4 rings (SSSR count). The van der Waals surface area contributed by atoms with Crippen molar-refractivity contribution >= 4 is 28.9 Å². The van der Waals surface area contributed by atoms with Crippen LogP contribution < -0.4 is 20.5 Å². The number of benzene rings is 2. The second-order valence-electron chi connectivity index (χ2n) is 10.4. The fourth-order valence-corrected chi connectivity index (χ4v) is 5.64. The van der Waals surface area contributed by atoms with Gasteiger partial charge in [-0.1, -0.05) is 36.6 Å². The lowest BCUT2D eigenvalue weighted by Gasteiger charge is -2.37. The van der Waals surface area contributed by atoms with E-state index < -0.39 is 6.10 Å². The number of hydrazone groups is 1. The number of nitrogen functional groups attached to an aromatic ring is 1. The number of aliphatic hydroxyl groups excluding tert-OH is 1. The Balaban J connectivity index is 1.26. The van der Waals surface area contributed by atoms with Gasteiger partial charge in [-0.2, -0.15) is 10.4 Å². The van der Waals surface area contributed by atoms with Gasteiger partial charge in [0.2, 0.25) is 5.91 Å². The molecule has 1 amide bonds. The monoisotopic (exact) mass is 579 g/mol. The molecule has 218 valence electrons. The molecular formula is C31H38ClN5O4. The summed E-state index contributed by atoms with van der Waals surface area (Å²) in [5.74, 6) is 1.36. The van der Waals surface area contributed by atoms with Crippen molar-refractivity contribution in [1.82, 2.24) is 10.3 Å². The SMILES string of the molecule is COc1ccc(C2=NN(CCCCCCNCC(O)c3cc(Cl)c(N)c(C#N)c3)C(=O)C3CC=CCC23)cc1OC. The summed E-state index contributed by atoms with van der Waals surface area (Å²) < 4.78 is 10.9. The average Bonchev–Trinajstić information content (AvgIpc) is 3.00. The van der Waals surface area contributed by atoms with Crippen molar-refractivity contribution in [1.29, 1.82) is 5.26 Å². The van der Waals surface area contributed by atoms with Gasteiger partial charge in [-0.15, -0.1) is 0 Å². The smallest absolute Gasteiger partial charge is 0.246 e. The van der Waals surface area contributed by atoms with Gasteiger partial charge in [0.25, 0.3) is 0 Å². The molecule has 3 unspecified atom stereocenters. The van der Waals surface area contributed by atoms with Crippen LogP contribution in [-0.2, 0) is 4.79 Å². The van der Waals surface area contributed by atoms with E-state index in [0.717, 1.165) is 56.3 Å².